The van der Waals surface area contributed by atoms with Crippen LogP contribution in [0.4, 0.5) is 0 Å². The van der Waals surface area contributed by atoms with Gasteiger partial charge < -0.3 is 4.57 Å². The Labute approximate surface area is 103 Å². The van der Waals surface area contributed by atoms with Gasteiger partial charge in [0.05, 0.1) is 17.1 Å². The second-order valence-electron chi connectivity index (χ2n) is 3.28. The lowest BCUT2D eigenvalue weighted by Gasteiger charge is -2.04. The van der Waals surface area contributed by atoms with E-state index in [0.29, 0.717) is 21.6 Å². The minimum Gasteiger partial charge on any atom is -0.342 e. The van der Waals surface area contributed by atoms with Crippen molar-refractivity contribution in [3.63, 3.8) is 0 Å². The van der Waals surface area contributed by atoms with Crippen LogP contribution in [-0.4, -0.2) is 4.57 Å². The number of nitrogens with zero attached hydrogens (tertiary/aromatic N) is 1. The number of benzene rings is 1. The van der Waals surface area contributed by atoms with Gasteiger partial charge in [0.1, 0.15) is 0 Å². The zero-order valence-corrected chi connectivity index (χ0v) is 10.1. The van der Waals surface area contributed by atoms with Gasteiger partial charge >= 0.3 is 0 Å². The van der Waals surface area contributed by atoms with E-state index in [2.05, 4.69) is 6.58 Å². The topological polar surface area (TPSA) is 4.93 Å². The van der Waals surface area contributed by atoms with Crippen molar-refractivity contribution >= 4 is 45.7 Å². The van der Waals surface area contributed by atoms with Gasteiger partial charge in [0, 0.05) is 21.6 Å². The third-order valence-corrected chi connectivity index (χ3v) is 2.80. The second-order valence-corrected chi connectivity index (χ2v) is 4.66. The maximum atomic E-state index is 6.06. The van der Waals surface area contributed by atoms with E-state index in [-0.39, 0.29) is 0 Å². The van der Waals surface area contributed by atoms with Crippen molar-refractivity contribution in [2.45, 2.75) is 6.54 Å². The number of aromatic nitrogens is 1. The van der Waals surface area contributed by atoms with Crippen LogP contribution in [0.2, 0.25) is 10.0 Å². The molecule has 0 aliphatic rings. The Kier molecular flexibility index (Phi) is 2.96. The van der Waals surface area contributed by atoms with Crippen molar-refractivity contribution < 1.29 is 0 Å². The Morgan fingerprint density at radius 2 is 2.07 bits per heavy atom. The Morgan fingerprint density at radius 1 is 1.33 bits per heavy atom. The molecule has 4 heteroatoms. The van der Waals surface area contributed by atoms with Crippen LogP contribution in [0.15, 0.2) is 36.0 Å². The zero-order chi connectivity index (χ0) is 11.0. The molecule has 0 saturated heterocycles. The maximum absolute atomic E-state index is 6.06. The van der Waals surface area contributed by atoms with Crippen LogP contribution >= 0.6 is 34.8 Å². The summed E-state index contributed by atoms with van der Waals surface area (Å²) in [4.78, 5) is 0. The van der Waals surface area contributed by atoms with Gasteiger partial charge in [-0.25, -0.2) is 0 Å². The molecule has 1 heterocycles. The smallest absolute Gasteiger partial charge is 0.0577 e. The molecule has 78 valence electrons. The number of halogens is 3. The number of fused-ring (bicyclic) bond motifs is 1. The van der Waals surface area contributed by atoms with Gasteiger partial charge in [-0.3, -0.25) is 0 Å². The van der Waals surface area contributed by atoms with Crippen molar-refractivity contribution in [3.05, 3.63) is 46.1 Å². The summed E-state index contributed by atoms with van der Waals surface area (Å²) < 4.78 is 1.96. The molecule has 1 aromatic carbocycles. The molecule has 1 aromatic heterocycles. The van der Waals surface area contributed by atoms with E-state index in [9.17, 15) is 0 Å². The summed E-state index contributed by atoms with van der Waals surface area (Å²) in [5, 5.41) is 2.81. The van der Waals surface area contributed by atoms with Gasteiger partial charge in [-0.15, -0.1) is 0 Å². The standard InChI is InChI=1S/C11H8Cl3N/c1-7(12)6-15-3-2-9-10(14)4-8(13)5-11(9)15/h2-5H,1,6H2. The van der Waals surface area contributed by atoms with Crippen molar-refractivity contribution in [2.24, 2.45) is 0 Å². The fourth-order valence-electron chi connectivity index (χ4n) is 1.54. The molecule has 0 N–H and O–H groups in total. The van der Waals surface area contributed by atoms with E-state index in [1.54, 1.807) is 6.07 Å². The molecule has 0 atom stereocenters. The lowest BCUT2D eigenvalue weighted by molar-refractivity contribution is 0.853. The van der Waals surface area contributed by atoms with Crippen LogP contribution < -0.4 is 0 Å². The van der Waals surface area contributed by atoms with Crippen molar-refractivity contribution in [3.8, 4) is 0 Å². The highest BCUT2D eigenvalue weighted by molar-refractivity contribution is 6.38. The first-order valence-corrected chi connectivity index (χ1v) is 5.48. The maximum Gasteiger partial charge on any atom is 0.0577 e. The van der Waals surface area contributed by atoms with Crippen LogP contribution in [0.5, 0.6) is 0 Å². The molecular weight excluding hydrogens is 252 g/mol. The minimum absolute atomic E-state index is 0.557. The number of allylic oxidation sites excluding steroid dienone is 1. The van der Waals surface area contributed by atoms with Gasteiger partial charge in [0.15, 0.2) is 0 Å². The van der Waals surface area contributed by atoms with Gasteiger partial charge in [-0.2, -0.15) is 0 Å². The highest BCUT2D eigenvalue weighted by Crippen LogP contribution is 2.29. The SMILES string of the molecule is C=C(Cl)Cn1ccc2c(Cl)cc(Cl)cc21. The summed E-state index contributed by atoms with van der Waals surface area (Å²) in [6.07, 6.45) is 1.92. The highest BCUT2D eigenvalue weighted by atomic mass is 35.5. The first-order chi connectivity index (χ1) is 7.08. The normalized spacial score (nSPS) is 10.9. The first kappa shape index (κ1) is 10.9. The lowest BCUT2D eigenvalue weighted by atomic mass is 10.2. The van der Waals surface area contributed by atoms with Gasteiger partial charge in [0.2, 0.25) is 0 Å². The lowest BCUT2D eigenvalue weighted by Crippen LogP contribution is -1.94. The molecule has 0 radical (unpaired) electrons. The Hall–Kier alpha value is -0.630. The second kappa shape index (κ2) is 4.09. The van der Waals surface area contributed by atoms with Crippen LogP contribution in [0.25, 0.3) is 10.9 Å². The average Bonchev–Trinajstić information content (AvgIpc) is 2.48. The fraction of sp³-hybridized carbons (Fsp3) is 0.0909. The predicted octanol–water partition coefficient (Wildman–Crippen LogP) is 4.70. The fourth-order valence-corrected chi connectivity index (χ4v) is 2.22. The molecule has 1 nitrogen and oxygen atoms in total. The molecule has 0 amide bonds. The summed E-state index contributed by atoms with van der Waals surface area (Å²) in [6.45, 7) is 4.22. The molecule has 15 heavy (non-hydrogen) atoms. The molecule has 0 aliphatic carbocycles. The Bertz CT molecular complexity index is 528. The molecule has 0 unspecified atom stereocenters. The third kappa shape index (κ3) is 2.15. The van der Waals surface area contributed by atoms with Gasteiger partial charge in [0.25, 0.3) is 0 Å². The average molecular weight is 261 g/mol. The van der Waals surface area contributed by atoms with Crippen molar-refractivity contribution in [1.29, 1.82) is 0 Å². The predicted molar refractivity (Wildman–Crippen MR) is 67.0 cm³/mol. The van der Waals surface area contributed by atoms with Crippen LogP contribution in [0, 0.1) is 0 Å². The molecular formula is C11H8Cl3N. The minimum atomic E-state index is 0.557. The Balaban J connectivity index is 2.63. The van der Waals surface area contributed by atoms with Crippen LogP contribution in [0.3, 0.4) is 0 Å². The summed E-state index contributed by atoms with van der Waals surface area (Å²) in [5.74, 6) is 0. The number of hydrogen-bond acceptors (Lipinski definition) is 0. The molecule has 0 fully saturated rings. The first-order valence-electron chi connectivity index (χ1n) is 4.35. The van der Waals surface area contributed by atoms with E-state index in [0.717, 1.165) is 10.9 Å². The van der Waals surface area contributed by atoms with Crippen LogP contribution in [0.1, 0.15) is 0 Å². The van der Waals surface area contributed by atoms with Gasteiger partial charge in [-0.1, -0.05) is 41.4 Å². The number of rotatable bonds is 2. The molecule has 2 aromatic rings. The largest absolute Gasteiger partial charge is 0.342 e. The summed E-state index contributed by atoms with van der Waals surface area (Å²) in [5.41, 5.74) is 0.967. The molecule has 0 spiro atoms. The quantitative estimate of drug-likeness (QED) is 0.737. The monoisotopic (exact) mass is 259 g/mol. The molecule has 0 aliphatic heterocycles. The van der Waals surface area contributed by atoms with Gasteiger partial charge in [-0.05, 0) is 18.2 Å². The highest BCUT2D eigenvalue weighted by Gasteiger charge is 2.06. The molecule has 0 saturated carbocycles. The van der Waals surface area contributed by atoms with E-state index in [1.807, 2.05) is 22.9 Å². The zero-order valence-electron chi connectivity index (χ0n) is 7.80. The van der Waals surface area contributed by atoms with Crippen LogP contribution in [-0.2, 0) is 6.54 Å². The summed E-state index contributed by atoms with van der Waals surface area (Å²) in [6, 6.07) is 5.53. The van der Waals surface area contributed by atoms with E-state index in [4.69, 9.17) is 34.8 Å². The third-order valence-electron chi connectivity index (χ3n) is 2.14. The van der Waals surface area contributed by atoms with Crippen molar-refractivity contribution in [2.75, 3.05) is 0 Å². The van der Waals surface area contributed by atoms with Crippen molar-refractivity contribution in [1.82, 2.24) is 4.57 Å². The number of hydrogen-bond donors (Lipinski definition) is 0. The Morgan fingerprint density at radius 3 is 2.73 bits per heavy atom. The van der Waals surface area contributed by atoms with E-state index in [1.165, 1.54) is 0 Å². The molecule has 2 rings (SSSR count). The molecule has 0 bridgehead atoms. The van der Waals surface area contributed by atoms with E-state index < -0.39 is 0 Å². The summed E-state index contributed by atoms with van der Waals surface area (Å²) >= 11 is 17.8. The van der Waals surface area contributed by atoms with E-state index >= 15 is 0 Å². The summed E-state index contributed by atoms with van der Waals surface area (Å²) in [7, 11) is 0.